The molecule has 9 heteroatoms. The first-order valence-electron chi connectivity index (χ1n) is 8.96. The van der Waals surface area contributed by atoms with Crippen molar-refractivity contribution < 1.29 is 14.3 Å². The highest BCUT2D eigenvalue weighted by Crippen LogP contribution is 2.20. The maximum atomic E-state index is 12.4. The van der Waals surface area contributed by atoms with Crippen molar-refractivity contribution in [1.29, 1.82) is 0 Å². The van der Waals surface area contributed by atoms with E-state index in [9.17, 15) is 9.59 Å². The number of amides is 1. The second-order valence-corrected chi connectivity index (χ2v) is 7.22. The SMILES string of the molecule is COc1ccc(-n2nnnc2SCC(=O)N[C@@H](Cc2ccccc2)C(C)=O)cc1. The molecule has 0 bridgehead atoms. The predicted molar refractivity (Wildman–Crippen MR) is 109 cm³/mol. The number of rotatable bonds is 9. The van der Waals surface area contributed by atoms with E-state index in [1.165, 1.54) is 18.7 Å². The second kappa shape index (κ2) is 9.83. The Morgan fingerprint density at radius 1 is 1.14 bits per heavy atom. The Labute approximate surface area is 172 Å². The molecule has 0 spiro atoms. The van der Waals surface area contributed by atoms with E-state index in [0.29, 0.717) is 11.6 Å². The minimum absolute atomic E-state index is 0.0877. The molecule has 29 heavy (non-hydrogen) atoms. The summed E-state index contributed by atoms with van der Waals surface area (Å²) in [5.41, 5.74) is 1.74. The molecule has 0 saturated carbocycles. The van der Waals surface area contributed by atoms with Crippen LogP contribution < -0.4 is 10.1 Å². The molecule has 0 fully saturated rings. The van der Waals surface area contributed by atoms with Crippen LogP contribution in [0.1, 0.15) is 12.5 Å². The molecule has 0 radical (unpaired) electrons. The fourth-order valence-electron chi connectivity index (χ4n) is 2.67. The van der Waals surface area contributed by atoms with Gasteiger partial charge in [-0.3, -0.25) is 9.59 Å². The first kappa shape index (κ1) is 20.5. The van der Waals surface area contributed by atoms with Gasteiger partial charge in [0.2, 0.25) is 11.1 Å². The van der Waals surface area contributed by atoms with E-state index in [0.717, 1.165) is 17.0 Å². The first-order valence-corrected chi connectivity index (χ1v) is 9.94. The van der Waals surface area contributed by atoms with Gasteiger partial charge in [-0.05, 0) is 53.6 Å². The van der Waals surface area contributed by atoms with Crippen molar-refractivity contribution in [3.8, 4) is 11.4 Å². The summed E-state index contributed by atoms with van der Waals surface area (Å²) in [6, 6.07) is 16.3. The lowest BCUT2D eigenvalue weighted by molar-refractivity contribution is -0.125. The van der Waals surface area contributed by atoms with Crippen LogP contribution in [0, 0.1) is 0 Å². The number of ketones is 1. The molecule has 1 N–H and O–H groups in total. The van der Waals surface area contributed by atoms with Crippen LogP contribution >= 0.6 is 11.8 Å². The Hall–Kier alpha value is -3.20. The number of carbonyl (C=O) groups is 2. The molecule has 3 rings (SSSR count). The number of hydrogen-bond donors (Lipinski definition) is 1. The molecular formula is C20H21N5O3S. The number of carbonyl (C=O) groups excluding carboxylic acids is 2. The standard InChI is InChI=1S/C20H21N5O3S/c1-14(26)18(12-15-6-4-3-5-7-15)21-19(27)13-29-20-22-23-24-25(20)16-8-10-17(28-2)11-9-16/h3-11,18H,12-13H2,1-2H3,(H,21,27)/t18-/m0/s1. The van der Waals surface area contributed by atoms with E-state index >= 15 is 0 Å². The number of hydrogen-bond acceptors (Lipinski definition) is 7. The molecule has 8 nitrogen and oxygen atoms in total. The monoisotopic (exact) mass is 411 g/mol. The van der Waals surface area contributed by atoms with Crippen molar-refractivity contribution >= 4 is 23.5 Å². The summed E-state index contributed by atoms with van der Waals surface area (Å²) in [7, 11) is 1.60. The van der Waals surface area contributed by atoms with Crippen LogP contribution in [-0.2, 0) is 16.0 Å². The minimum Gasteiger partial charge on any atom is -0.497 e. The third kappa shape index (κ3) is 5.64. The van der Waals surface area contributed by atoms with Gasteiger partial charge in [0.25, 0.3) is 0 Å². The van der Waals surface area contributed by atoms with E-state index in [-0.39, 0.29) is 17.4 Å². The van der Waals surface area contributed by atoms with Gasteiger partial charge in [0, 0.05) is 0 Å². The van der Waals surface area contributed by atoms with Crippen molar-refractivity contribution in [2.24, 2.45) is 0 Å². The van der Waals surface area contributed by atoms with E-state index in [2.05, 4.69) is 20.8 Å². The largest absolute Gasteiger partial charge is 0.497 e. The Balaban J connectivity index is 1.60. The van der Waals surface area contributed by atoms with Crippen LogP contribution in [-0.4, -0.2) is 50.8 Å². The number of ether oxygens (including phenoxy) is 1. The quantitative estimate of drug-likeness (QED) is 0.538. The minimum atomic E-state index is -0.567. The van der Waals surface area contributed by atoms with Crippen molar-refractivity contribution in [1.82, 2.24) is 25.5 Å². The highest BCUT2D eigenvalue weighted by Gasteiger charge is 2.19. The second-order valence-electron chi connectivity index (χ2n) is 6.28. The van der Waals surface area contributed by atoms with Gasteiger partial charge >= 0.3 is 0 Å². The number of tetrazole rings is 1. The number of Topliss-reactive ketones (excluding diaryl/α,β-unsaturated/α-hetero) is 1. The number of methoxy groups -OCH3 is 1. The van der Waals surface area contributed by atoms with Crippen molar-refractivity contribution in [3.05, 3.63) is 60.2 Å². The average molecular weight is 411 g/mol. The molecule has 0 aliphatic carbocycles. The molecule has 1 aromatic heterocycles. The zero-order valence-corrected chi connectivity index (χ0v) is 16.9. The number of aromatic nitrogens is 4. The average Bonchev–Trinajstić information content (AvgIpc) is 3.21. The van der Waals surface area contributed by atoms with E-state index in [4.69, 9.17) is 4.74 Å². The number of nitrogens with zero attached hydrogens (tertiary/aromatic N) is 4. The lowest BCUT2D eigenvalue weighted by Crippen LogP contribution is -2.42. The smallest absolute Gasteiger partial charge is 0.231 e. The molecule has 0 aliphatic rings. The molecule has 1 atom stereocenters. The van der Waals surface area contributed by atoms with Gasteiger partial charge in [0.05, 0.1) is 24.6 Å². The van der Waals surface area contributed by atoms with Gasteiger partial charge in [-0.2, -0.15) is 4.68 Å². The highest BCUT2D eigenvalue weighted by atomic mass is 32.2. The van der Waals surface area contributed by atoms with Crippen LogP contribution in [0.2, 0.25) is 0 Å². The van der Waals surface area contributed by atoms with Gasteiger partial charge in [-0.25, -0.2) is 0 Å². The first-order chi connectivity index (χ1) is 14.1. The van der Waals surface area contributed by atoms with Crippen molar-refractivity contribution in [2.75, 3.05) is 12.9 Å². The molecule has 0 aliphatic heterocycles. The summed E-state index contributed by atoms with van der Waals surface area (Å²) >= 11 is 1.20. The molecule has 1 amide bonds. The summed E-state index contributed by atoms with van der Waals surface area (Å²) in [6.45, 7) is 1.48. The van der Waals surface area contributed by atoms with Gasteiger partial charge in [-0.15, -0.1) is 5.10 Å². The van der Waals surface area contributed by atoms with E-state index in [1.54, 1.807) is 23.9 Å². The maximum absolute atomic E-state index is 12.4. The van der Waals surface area contributed by atoms with Crippen LogP contribution in [0.3, 0.4) is 0 Å². The Kier molecular flexibility index (Phi) is 6.96. The lowest BCUT2D eigenvalue weighted by Gasteiger charge is -2.16. The third-order valence-electron chi connectivity index (χ3n) is 4.20. The Morgan fingerprint density at radius 3 is 2.52 bits per heavy atom. The van der Waals surface area contributed by atoms with Gasteiger partial charge in [-0.1, -0.05) is 42.1 Å². The molecule has 3 aromatic rings. The zero-order chi connectivity index (χ0) is 20.6. The van der Waals surface area contributed by atoms with E-state index < -0.39 is 6.04 Å². The van der Waals surface area contributed by atoms with Gasteiger partial charge in [0.1, 0.15) is 5.75 Å². The fraction of sp³-hybridized carbons (Fsp3) is 0.250. The summed E-state index contributed by atoms with van der Waals surface area (Å²) < 4.78 is 6.69. The van der Waals surface area contributed by atoms with Gasteiger partial charge in [0.15, 0.2) is 5.78 Å². The Bertz CT molecular complexity index is 960. The summed E-state index contributed by atoms with van der Waals surface area (Å²) in [5.74, 6) is 0.476. The molecule has 0 unspecified atom stereocenters. The molecule has 0 saturated heterocycles. The van der Waals surface area contributed by atoms with Crippen molar-refractivity contribution in [3.63, 3.8) is 0 Å². The summed E-state index contributed by atoms with van der Waals surface area (Å²) in [5, 5.41) is 14.9. The number of benzene rings is 2. The number of nitrogens with one attached hydrogen (secondary N) is 1. The van der Waals surface area contributed by atoms with Crippen LogP contribution in [0.5, 0.6) is 5.75 Å². The molecule has 1 heterocycles. The summed E-state index contributed by atoms with van der Waals surface area (Å²) in [4.78, 5) is 24.3. The highest BCUT2D eigenvalue weighted by molar-refractivity contribution is 7.99. The van der Waals surface area contributed by atoms with Crippen LogP contribution in [0.15, 0.2) is 59.8 Å². The maximum Gasteiger partial charge on any atom is 0.231 e. The summed E-state index contributed by atoms with van der Waals surface area (Å²) in [6.07, 6.45) is 0.455. The van der Waals surface area contributed by atoms with Crippen LogP contribution in [0.4, 0.5) is 0 Å². The molecule has 2 aromatic carbocycles. The normalized spacial score (nSPS) is 11.7. The lowest BCUT2D eigenvalue weighted by atomic mass is 10.0. The molecule has 150 valence electrons. The van der Waals surface area contributed by atoms with Gasteiger partial charge < -0.3 is 10.1 Å². The fourth-order valence-corrected chi connectivity index (χ4v) is 3.37. The molecular weight excluding hydrogens is 390 g/mol. The van der Waals surface area contributed by atoms with Crippen molar-refractivity contribution in [2.45, 2.75) is 24.5 Å². The predicted octanol–water partition coefficient (Wildman–Crippen LogP) is 2.08. The zero-order valence-electron chi connectivity index (χ0n) is 16.1. The van der Waals surface area contributed by atoms with E-state index in [1.807, 2.05) is 42.5 Å². The Morgan fingerprint density at radius 2 is 1.86 bits per heavy atom. The third-order valence-corrected chi connectivity index (χ3v) is 5.12. The topological polar surface area (TPSA) is 99.0 Å². The number of thioether (sulfide) groups is 1. The van der Waals surface area contributed by atoms with Crippen LogP contribution in [0.25, 0.3) is 5.69 Å².